The Bertz CT molecular complexity index is 1050. The predicted octanol–water partition coefficient (Wildman–Crippen LogP) is 3.71. The second kappa shape index (κ2) is 8.39. The molecule has 3 aromatic rings. The third kappa shape index (κ3) is 4.16. The van der Waals surface area contributed by atoms with Crippen LogP contribution in [0.5, 0.6) is 0 Å². The molecule has 4 rings (SSSR count). The number of hydrazine groups is 1. The zero-order valence-corrected chi connectivity index (χ0v) is 15.6. The number of nitrogens with zero attached hydrogens (tertiary/aromatic N) is 2. The standard InChI is InChI=1S/C23H19N3O3/c27-21-15-24-22(18-11-5-2-6-12-18)19-13-7-8-14-20(19)26(21)25-23(28)29-16-17-9-3-1-4-10-17/h1-14H,15-16H2,(H,25,28). The molecule has 0 aliphatic carbocycles. The van der Waals surface area contributed by atoms with E-state index < -0.39 is 6.09 Å². The van der Waals surface area contributed by atoms with E-state index in [9.17, 15) is 9.59 Å². The SMILES string of the molecule is O=C(NN1C(=O)CN=C(c2ccccc2)c2ccccc21)OCc1ccccc1. The summed E-state index contributed by atoms with van der Waals surface area (Å²) in [6.45, 7) is 0.0278. The summed E-state index contributed by atoms with van der Waals surface area (Å²) in [6.07, 6.45) is -0.708. The van der Waals surface area contributed by atoms with Gasteiger partial charge in [0.15, 0.2) is 0 Å². The molecule has 1 heterocycles. The number of aliphatic imine (C=N–C) groups is 1. The Morgan fingerprint density at radius 2 is 1.59 bits per heavy atom. The molecule has 0 unspecified atom stereocenters. The highest BCUT2D eigenvalue weighted by molar-refractivity contribution is 6.19. The number of hydrogen-bond acceptors (Lipinski definition) is 4. The number of fused-ring (bicyclic) bond motifs is 1. The average molecular weight is 385 g/mol. The molecule has 6 heteroatoms. The summed E-state index contributed by atoms with van der Waals surface area (Å²) in [5.74, 6) is -0.347. The van der Waals surface area contributed by atoms with Gasteiger partial charge >= 0.3 is 6.09 Å². The Hall–Kier alpha value is -3.93. The first-order valence-electron chi connectivity index (χ1n) is 9.22. The third-order valence-corrected chi connectivity index (χ3v) is 4.48. The molecule has 2 amide bonds. The summed E-state index contributed by atoms with van der Waals surface area (Å²) >= 11 is 0. The van der Waals surface area contributed by atoms with Crippen LogP contribution in [0, 0.1) is 0 Å². The molecule has 0 aromatic heterocycles. The van der Waals surface area contributed by atoms with E-state index in [1.165, 1.54) is 5.01 Å². The molecule has 0 saturated heterocycles. The van der Waals surface area contributed by atoms with Gasteiger partial charge in [0.1, 0.15) is 13.2 Å². The van der Waals surface area contributed by atoms with Crippen LogP contribution >= 0.6 is 0 Å². The minimum Gasteiger partial charge on any atom is -0.443 e. The number of amides is 2. The van der Waals surface area contributed by atoms with Crippen molar-refractivity contribution in [1.29, 1.82) is 0 Å². The second-order valence-electron chi connectivity index (χ2n) is 6.45. The Labute approximate surface area is 168 Å². The van der Waals surface area contributed by atoms with Crippen molar-refractivity contribution < 1.29 is 14.3 Å². The van der Waals surface area contributed by atoms with Crippen molar-refractivity contribution in [1.82, 2.24) is 5.43 Å². The monoisotopic (exact) mass is 385 g/mol. The van der Waals surface area contributed by atoms with E-state index >= 15 is 0 Å². The maximum Gasteiger partial charge on any atom is 0.426 e. The number of benzodiazepines with no additional fused rings is 1. The number of rotatable bonds is 4. The van der Waals surface area contributed by atoms with Crippen molar-refractivity contribution in [3.8, 4) is 0 Å². The lowest BCUT2D eigenvalue weighted by molar-refractivity contribution is -0.117. The summed E-state index contributed by atoms with van der Waals surface area (Å²) in [4.78, 5) is 29.6. The van der Waals surface area contributed by atoms with E-state index in [-0.39, 0.29) is 19.1 Å². The molecule has 1 aliphatic heterocycles. The first-order chi connectivity index (χ1) is 14.2. The zero-order valence-electron chi connectivity index (χ0n) is 15.6. The van der Waals surface area contributed by atoms with E-state index in [1.807, 2.05) is 78.9 Å². The topological polar surface area (TPSA) is 71.0 Å². The van der Waals surface area contributed by atoms with Gasteiger partial charge in [-0.25, -0.2) is 15.2 Å². The Kier molecular flexibility index (Phi) is 5.33. The van der Waals surface area contributed by atoms with Gasteiger partial charge in [-0.1, -0.05) is 78.9 Å². The summed E-state index contributed by atoms with van der Waals surface area (Å²) in [5.41, 5.74) is 6.33. The molecule has 1 N–H and O–H groups in total. The molecule has 6 nitrogen and oxygen atoms in total. The molecule has 0 atom stereocenters. The van der Waals surface area contributed by atoms with Gasteiger partial charge in [-0.3, -0.25) is 9.79 Å². The quantitative estimate of drug-likeness (QED) is 0.744. The fourth-order valence-corrected chi connectivity index (χ4v) is 3.12. The Balaban J connectivity index is 1.57. The van der Waals surface area contributed by atoms with Crippen molar-refractivity contribution >= 4 is 23.4 Å². The smallest absolute Gasteiger partial charge is 0.426 e. The van der Waals surface area contributed by atoms with Gasteiger partial charge in [0, 0.05) is 11.1 Å². The summed E-state index contributed by atoms with van der Waals surface area (Å²) < 4.78 is 5.27. The molecular weight excluding hydrogens is 366 g/mol. The minimum atomic E-state index is -0.708. The van der Waals surface area contributed by atoms with E-state index in [4.69, 9.17) is 4.74 Å². The first-order valence-corrected chi connectivity index (χ1v) is 9.22. The molecular formula is C23H19N3O3. The van der Waals surface area contributed by atoms with E-state index in [0.29, 0.717) is 11.4 Å². The minimum absolute atomic E-state index is 0.0854. The van der Waals surface area contributed by atoms with E-state index in [1.54, 1.807) is 6.07 Å². The number of para-hydroxylation sites is 1. The third-order valence-electron chi connectivity index (χ3n) is 4.48. The van der Waals surface area contributed by atoms with Crippen molar-refractivity contribution in [2.75, 3.05) is 11.6 Å². The van der Waals surface area contributed by atoms with Crippen LogP contribution in [0.4, 0.5) is 10.5 Å². The van der Waals surface area contributed by atoms with Crippen LogP contribution in [0.3, 0.4) is 0 Å². The molecule has 3 aromatic carbocycles. The largest absolute Gasteiger partial charge is 0.443 e. The van der Waals surface area contributed by atoms with Crippen molar-refractivity contribution in [2.45, 2.75) is 6.61 Å². The van der Waals surface area contributed by atoms with Gasteiger partial charge in [0.25, 0.3) is 5.91 Å². The number of ether oxygens (including phenoxy) is 1. The van der Waals surface area contributed by atoms with Crippen molar-refractivity contribution in [2.24, 2.45) is 4.99 Å². The normalized spacial score (nSPS) is 13.2. The lowest BCUT2D eigenvalue weighted by Crippen LogP contribution is -2.47. The first kappa shape index (κ1) is 18.4. The lowest BCUT2D eigenvalue weighted by atomic mass is 10.0. The van der Waals surface area contributed by atoms with Gasteiger partial charge in [0.2, 0.25) is 0 Å². The van der Waals surface area contributed by atoms with Gasteiger partial charge < -0.3 is 4.74 Å². The second-order valence-corrected chi connectivity index (χ2v) is 6.45. The highest BCUT2D eigenvalue weighted by Gasteiger charge is 2.26. The molecule has 144 valence electrons. The van der Waals surface area contributed by atoms with Gasteiger partial charge in [-0.05, 0) is 11.6 Å². The van der Waals surface area contributed by atoms with Gasteiger partial charge in [-0.2, -0.15) is 0 Å². The van der Waals surface area contributed by atoms with E-state index in [0.717, 1.165) is 16.7 Å². The molecule has 29 heavy (non-hydrogen) atoms. The molecule has 0 bridgehead atoms. The molecule has 1 aliphatic rings. The van der Waals surface area contributed by atoms with E-state index in [2.05, 4.69) is 10.4 Å². The van der Waals surface area contributed by atoms with Crippen LogP contribution in [0.25, 0.3) is 0 Å². The summed E-state index contributed by atoms with van der Waals surface area (Å²) in [6, 6.07) is 26.3. The lowest BCUT2D eigenvalue weighted by Gasteiger charge is -2.23. The predicted molar refractivity (Wildman–Crippen MR) is 111 cm³/mol. The van der Waals surface area contributed by atoms with Gasteiger partial charge in [-0.15, -0.1) is 0 Å². The number of benzene rings is 3. The maximum atomic E-state index is 12.7. The molecule has 0 fully saturated rings. The number of carbonyl (C=O) groups is 2. The number of nitrogens with one attached hydrogen (secondary N) is 1. The zero-order chi connectivity index (χ0) is 20.1. The summed E-state index contributed by atoms with van der Waals surface area (Å²) in [7, 11) is 0. The summed E-state index contributed by atoms with van der Waals surface area (Å²) in [5, 5.41) is 1.21. The Morgan fingerprint density at radius 1 is 0.931 bits per heavy atom. The Morgan fingerprint density at radius 3 is 2.34 bits per heavy atom. The molecule has 0 spiro atoms. The van der Waals surface area contributed by atoms with Crippen LogP contribution in [-0.4, -0.2) is 24.3 Å². The van der Waals surface area contributed by atoms with Crippen LogP contribution in [-0.2, 0) is 16.1 Å². The molecule has 0 radical (unpaired) electrons. The number of carbonyl (C=O) groups excluding carboxylic acids is 2. The van der Waals surface area contributed by atoms with Crippen LogP contribution in [0.15, 0.2) is 89.9 Å². The highest BCUT2D eigenvalue weighted by Crippen LogP contribution is 2.25. The van der Waals surface area contributed by atoms with Crippen LogP contribution < -0.4 is 10.4 Å². The van der Waals surface area contributed by atoms with Crippen molar-refractivity contribution in [3.05, 3.63) is 102 Å². The maximum absolute atomic E-state index is 12.7. The van der Waals surface area contributed by atoms with Gasteiger partial charge in [0.05, 0.1) is 11.4 Å². The average Bonchev–Trinajstić information content (AvgIpc) is 2.91. The number of anilines is 1. The fourth-order valence-electron chi connectivity index (χ4n) is 3.12. The van der Waals surface area contributed by atoms with Crippen LogP contribution in [0.1, 0.15) is 16.7 Å². The fraction of sp³-hybridized carbons (Fsp3) is 0.0870. The molecule has 0 saturated carbocycles. The number of hydrogen-bond donors (Lipinski definition) is 1. The highest BCUT2D eigenvalue weighted by atomic mass is 16.6. The van der Waals surface area contributed by atoms with Crippen LogP contribution in [0.2, 0.25) is 0 Å². The van der Waals surface area contributed by atoms with Crippen molar-refractivity contribution in [3.63, 3.8) is 0 Å².